The smallest absolute Gasteiger partial charge is 0.389 e. The van der Waals surface area contributed by atoms with Crippen LogP contribution in [0.3, 0.4) is 0 Å². The molecular weight excluding hydrogens is 589 g/mol. The normalized spacial score (nSPS) is 22.6. The topological polar surface area (TPSA) is 156 Å². The molecule has 1 saturated heterocycles. The maximum Gasteiger partial charge on any atom is 0.474 e. The minimum absolute atomic E-state index is 0.0669. The number of nitrogens with one attached hydrogen (secondary N) is 1. The van der Waals surface area contributed by atoms with Crippen LogP contribution in [0.15, 0.2) is 36.7 Å². The van der Waals surface area contributed by atoms with E-state index in [4.69, 9.17) is 34.6 Å². The second-order valence-corrected chi connectivity index (χ2v) is 12.0. The zero-order chi connectivity index (χ0) is 30.3. The van der Waals surface area contributed by atoms with Crippen molar-refractivity contribution in [2.45, 2.75) is 65.6 Å². The number of carbonyl (C=O) groups is 1. The highest BCUT2D eigenvalue weighted by atomic mass is 35.5. The van der Waals surface area contributed by atoms with E-state index in [0.717, 1.165) is 5.56 Å². The van der Waals surface area contributed by atoms with Crippen molar-refractivity contribution in [2.75, 3.05) is 31.7 Å². The Morgan fingerprint density at radius 1 is 1.17 bits per heavy atom. The molecule has 42 heavy (non-hydrogen) atoms. The first kappa shape index (κ1) is 32.4. The van der Waals surface area contributed by atoms with Gasteiger partial charge >= 0.3 is 7.82 Å². The zero-order valence-electron chi connectivity index (χ0n) is 24.1. The summed E-state index contributed by atoms with van der Waals surface area (Å²) in [6.07, 6.45) is -0.549. The van der Waals surface area contributed by atoms with Gasteiger partial charge in [-0.3, -0.25) is 22.9 Å². The van der Waals surface area contributed by atoms with Crippen LogP contribution in [0.4, 0.5) is 5.82 Å². The Morgan fingerprint density at radius 3 is 2.55 bits per heavy atom. The van der Waals surface area contributed by atoms with E-state index in [0.29, 0.717) is 25.0 Å². The van der Waals surface area contributed by atoms with Crippen molar-refractivity contribution in [3.05, 3.63) is 47.5 Å². The fourth-order valence-electron chi connectivity index (χ4n) is 4.76. The average Bonchev–Trinajstić information content (AvgIpc) is 3.47. The van der Waals surface area contributed by atoms with Crippen LogP contribution < -0.4 is 5.32 Å². The molecule has 4 atom stereocenters. The minimum atomic E-state index is -3.87. The molecule has 1 fully saturated rings. The van der Waals surface area contributed by atoms with E-state index in [1.54, 1.807) is 25.3 Å². The van der Waals surface area contributed by atoms with Gasteiger partial charge in [0.2, 0.25) is 11.2 Å². The average molecular weight is 626 g/mol. The van der Waals surface area contributed by atoms with Gasteiger partial charge in [0.25, 0.3) is 0 Å². The number of phosphoric acid groups is 1. The number of halogens is 1. The van der Waals surface area contributed by atoms with Crippen LogP contribution in [0.5, 0.6) is 0 Å². The van der Waals surface area contributed by atoms with Gasteiger partial charge in [0.05, 0.1) is 50.9 Å². The lowest BCUT2D eigenvalue weighted by Crippen LogP contribution is -2.42. The fraction of sp³-hybridized carbons (Fsp3) is 0.556. The van der Waals surface area contributed by atoms with Gasteiger partial charge in [-0.25, -0.2) is 9.55 Å². The van der Waals surface area contributed by atoms with E-state index in [2.05, 4.69) is 20.3 Å². The molecular formula is C27H37ClN5O8P. The lowest BCUT2D eigenvalue weighted by atomic mass is 9.83. The van der Waals surface area contributed by atoms with Gasteiger partial charge in [0, 0.05) is 6.42 Å². The van der Waals surface area contributed by atoms with Crippen LogP contribution >= 0.6 is 19.4 Å². The van der Waals surface area contributed by atoms with Crippen molar-refractivity contribution in [1.29, 1.82) is 0 Å². The van der Waals surface area contributed by atoms with Crippen molar-refractivity contribution in [3.8, 4) is 0 Å². The van der Waals surface area contributed by atoms with Crippen LogP contribution in [0.1, 0.15) is 52.3 Å². The summed E-state index contributed by atoms with van der Waals surface area (Å²) in [6, 6.07) is 9.62. The highest BCUT2D eigenvalue weighted by Gasteiger charge is 2.55. The van der Waals surface area contributed by atoms with Crippen molar-refractivity contribution in [2.24, 2.45) is 5.41 Å². The van der Waals surface area contributed by atoms with Crippen molar-refractivity contribution >= 4 is 42.3 Å². The Morgan fingerprint density at radius 2 is 1.88 bits per heavy atom. The molecule has 1 aromatic carbocycles. The molecule has 3 heterocycles. The Hall–Kier alpha value is -2.48. The molecule has 15 heteroatoms. The van der Waals surface area contributed by atoms with Crippen LogP contribution in [-0.4, -0.2) is 69.2 Å². The van der Waals surface area contributed by atoms with E-state index in [1.807, 2.05) is 37.3 Å². The standard InChI is InChI=1S/C27H37ClN5O8P/c1-5-11-20(34)30-23-21-24(32-26(28)31-23)33(17-29-21)25-27(4,16-37-14-18-12-9-8-10-13-18)22(35)19(41-25)15-40-42(36,38-6-2)39-7-3/h8-10,12-13,17,19,22,25,35H,5-7,11,14-16H2,1-4H3,(H,30,31,32,34)/t19-,22?,25-,27?/m1/s1. The van der Waals surface area contributed by atoms with Crippen molar-refractivity contribution in [1.82, 2.24) is 19.5 Å². The molecule has 0 bridgehead atoms. The van der Waals surface area contributed by atoms with E-state index >= 15 is 0 Å². The third-order valence-electron chi connectivity index (χ3n) is 6.77. The molecule has 4 rings (SSSR count). The highest BCUT2D eigenvalue weighted by Crippen LogP contribution is 2.52. The zero-order valence-corrected chi connectivity index (χ0v) is 25.7. The summed E-state index contributed by atoms with van der Waals surface area (Å²) in [7, 11) is -3.87. The number of aliphatic hydroxyl groups is 1. The largest absolute Gasteiger partial charge is 0.474 e. The van der Waals surface area contributed by atoms with E-state index in [1.165, 1.54) is 6.33 Å². The number of phosphoric ester groups is 1. The molecule has 1 amide bonds. The van der Waals surface area contributed by atoms with Crippen LogP contribution in [0.2, 0.25) is 5.28 Å². The Balaban J connectivity index is 1.66. The first-order valence-electron chi connectivity index (χ1n) is 13.8. The Kier molecular flexibility index (Phi) is 11.1. The van der Waals surface area contributed by atoms with Gasteiger partial charge in [-0.2, -0.15) is 9.97 Å². The molecule has 0 aliphatic carbocycles. The molecule has 13 nitrogen and oxygen atoms in total. The van der Waals surface area contributed by atoms with Crippen LogP contribution in [0, 0.1) is 5.41 Å². The predicted octanol–water partition coefficient (Wildman–Crippen LogP) is 4.90. The number of rotatable bonds is 15. The number of fused-ring (bicyclic) bond motifs is 1. The molecule has 1 aliphatic heterocycles. The molecule has 0 radical (unpaired) electrons. The van der Waals surface area contributed by atoms with Crippen molar-refractivity contribution < 1.29 is 37.5 Å². The lowest BCUT2D eigenvalue weighted by Gasteiger charge is -2.33. The first-order valence-corrected chi connectivity index (χ1v) is 15.7. The van der Waals surface area contributed by atoms with Crippen LogP contribution in [0.25, 0.3) is 11.2 Å². The third-order valence-corrected chi connectivity index (χ3v) is 8.56. The predicted molar refractivity (Wildman–Crippen MR) is 155 cm³/mol. The number of amides is 1. The number of aliphatic hydroxyl groups excluding tert-OH is 1. The van der Waals surface area contributed by atoms with E-state index in [9.17, 15) is 14.5 Å². The summed E-state index contributed by atoms with van der Waals surface area (Å²) >= 11 is 6.25. The third kappa shape index (κ3) is 7.35. The summed E-state index contributed by atoms with van der Waals surface area (Å²) in [5.74, 6) is -0.0722. The summed E-state index contributed by atoms with van der Waals surface area (Å²) in [5.41, 5.74) is 0.469. The number of benzene rings is 1. The molecule has 2 N–H and O–H groups in total. The number of aromatic nitrogens is 4. The number of carbonyl (C=O) groups excluding carboxylic acids is 1. The number of hydrogen-bond acceptors (Lipinski definition) is 11. The molecule has 2 aromatic heterocycles. The number of ether oxygens (including phenoxy) is 2. The summed E-state index contributed by atoms with van der Waals surface area (Å²) < 4.78 is 43.0. The highest BCUT2D eigenvalue weighted by molar-refractivity contribution is 7.48. The summed E-state index contributed by atoms with van der Waals surface area (Å²) in [4.78, 5) is 25.3. The second kappa shape index (κ2) is 14.3. The van der Waals surface area contributed by atoms with E-state index in [-0.39, 0.29) is 49.1 Å². The summed E-state index contributed by atoms with van der Waals surface area (Å²) in [5, 5.41) is 14.2. The SMILES string of the molecule is CCCC(=O)Nc1nc(Cl)nc2c1ncn2[C@@H]1O[C@H](COP(=O)(OCC)OCC)C(O)C1(C)COCc1ccccc1. The quantitative estimate of drug-likeness (QED) is 0.175. The van der Waals surface area contributed by atoms with Gasteiger partial charge in [-0.15, -0.1) is 0 Å². The van der Waals surface area contributed by atoms with Gasteiger partial charge in [-0.1, -0.05) is 44.2 Å². The van der Waals surface area contributed by atoms with Gasteiger partial charge in [0.1, 0.15) is 12.3 Å². The maximum absolute atomic E-state index is 13.0. The van der Waals surface area contributed by atoms with Gasteiger partial charge in [0.15, 0.2) is 17.0 Å². The molecule has 230 valence electrons. The number of hydrogen-bond donors (Lipinski definition) is 2. The summed E-state index contributed by atoms with van der Waals surface area (Å²) in [6.45, 7) is 7.33. The van der Waals surface area contributed by atoms with Crippen molar-refractivity contribution in [3.63, 3.8) is 0 Å². The lowest BCUT2D eigenvalue weighted by molar-refractivity contribution is -0.116. The number of imidazole rings is 1. The fourth-order valence-corrected chi connectivity index (χ4v) is 6.11. The second-order valence-electron chi connectivity index (χ2n) is 10.00. The molecule has 0 saturated carbocycles. The molecule has 2 unspecified atom stereocenters. The minimum Gasteiger partial charge on any atom is -0.389 e. The number of anilines is 1. The Bertz CT molecular complexity index is 1390. The molecule has 1 aliphatic rings. The maximum atomic E-state index is 13.0. The molecule has 3 aromatic rings. The number of nitrogens with zero attached hydrogens (tertiary/aromatic N) is 4. The first-order chi connectivity index (χ1) is 20.1. The Labute approximate surface area is 249 Å². The van der Waals surface area contributed by atoms with Gasteiger partial charge < -0.3 is 19.9 Å². The van der Waals surface area contributed by atoms with Gasteiger partial charge in [-0.05, 0) is 37.4 Å². The molecule has 0 spiro atoms. The van der Waals surface area contributed by atoms with E-state index < -0.39 is 31.7 Å². The monoisotopic (exact) mass is 625 g/mol. The van der Waals surface area contributed by atoms with Crippen LogP contribution in [-0.2, 0) is 39.0 Å².